The van der Waals surface area contributed by atoms with Crippen molar-refractivity contribution in [3.05, 3.63) is 30.6 Å². The summed E-state index contributed by atoms with van der Waals surface area (Å²) < 4.78 is 2.28. The molecule has 0 bridgehead atoms. The van der Waals surface area contributed by atoms with Gasteiger partial charge >= 0.3 is 0 Å². The second-order valence-corrected chi connectivity index (χ2v) is 4.60. The molecule has 1 atom stereocenters. The molecule has 1 N–H and O–H groups in total. The zero-order valence-corrected chi connectivity index (χ0v) is 11.8. The topological polar surface area (TPSA) is 29.9 Å². The van der Waals surface area contributed by atoms with E-state index >= 15 is 0 Å². The number of hydrogen-bond donors (Lipinski definition) is 1. The van der Waals surface area contributed by atoms with E-state index in [-0.39, 0.29) is 24.8 Å². The summed E-state index contributed by atoms with van der Waals surface area (Å²) in [6.45, 7) is 3.41. The monoisotopic (exact) mass is 287 g/mol. The average molecular weight is 288 g/mol. The minimum atomic E-state index is 0. The van der Waals surface area contributed by atoms with Crippen LogP contribution in [0.2, 0.25) is 0 Å². The smallest absolute Gasteiger partial charge is 0.139 e. The van der Waals surface area contributed by atoms with Gasteiger partial charge in [0.25, 0.3) is 0 Å². The van der Waals surface area contributed by atoms with Crippen molar-refractivity contribution in [1.29, 1.82) is 0 Å². The molecule has 5 heteroatoms. The van der Waals surface area contributed by atoms with Crippen LogP contribution in [0.3, 0.4) is 0 Å². The SMILES string of the molecule is Cl.Cl.c1cc2ccnc-2n(CC2CCCNC2)c1. The van der Waals surface area contributed by atoms with Gasteiger partial charge in [-0.2, -0.15) is 0 Å². The fourth-order valence-electron chi connectivity index (χ4n) is 2.53. The van der Waals surface area contributed by atoms with Gasteiger partial charge in [-0.05, 0) is 50.0 Å². The second kappa shape index (κ2) is 6.98. The Morgan fingerprint density at radius 2 is 2.22 bits per heavy atom. The molecule has 18 heavy (non-hydrogen) atoms. The average Bonchev–Trinajstić information content (AvgIpc) is 2.80. The van der Waals surface area contributed by atoms with Crippen LogP contribution in [0.5, 0.6) is 0 Å². The van der Waals surface area contributed by atoms with Crippen LogP contribution in [0.4, 0.5) is 0 Å². The van der Waals surface area contributed by atoms with Gasteiger partial charge in [-0.25, -0.2) is 4.98 Å². The zero-order valence-electron chi connectivity index (χ0n) is 10.2. The van der Waals surface area contributed by atoms with Crippen molar-refractivity contribution in [3.63, 3.8) is 0 Å². The lowest BCUT2D eigenvalue weighted by atomic mass is 9.99. The maximum Gasteiger partial charge on any atom is 0.139 e. The third-order valence-corrected chi connectivity index (χ3v) is 3.38. The molecule has 3 heterocycles. The zero-order chi connectivity index (χ0) is 10.8. The van der Waals surface area contributed by atoms with Crippen molar-refractivity contribution in [2.45, 2.75) is 19.4 Å². The molecule has 3 aliphatic rings. The third kappa shape index (κ3) is 3.16. The Kier molecular flexibility index (Phi) is 5.93. The van der Waals surface area contributed by atoms with E-state index in [0.717, 1.165) is 24.8 Å². The van der Waals surface area contributed by atoms with E-state index in [1.807, 2.05) is 6.20 Å². The summed E-state index contributed by atoms with van der Waals surface area (Å²) in [6, 6.07) is 6.31. The van der Waals surface area contributed by atoms with E-state index in [4.69, 9.17) is 0 Å². The summed E-state index contributed by atoms with van der Waals surface area (Å²) in [6.07, 6.45) is 6.66. The van der Waals surface area contributed by atoms with Crippen molar-refractivity contribution in [1.82, 2.24) is 14.9 Å². The van der Waals surface area contributed by atoms with E-state index in [1.54, 1.807) is 0 Å². The summed E-state index contributed by atoms with van der Waals surface area (Å²) in [5.41, 5.74) is 1.24. The summed E-state index contributed by atoms with van der Waals surface area (Å²) in [4.78, 5) is 4.43. The van der Waals surface area contributed by atoms with Gasteiger partial charge in [0.15, 0.2) is 0 Å². The van der Waals surface area contributed by atoms with Crippen molar-refractivity contribution >= 4 is 24.8 Å². The number of pyridine rings is 1. The number of halogens is 2. The van der Waals surface area contributed by atoms with E-state index in [1.165, 1.54) is 24.9 Å². The maximum atomic E-state index is 4.43. The molecule has 0 saturated carbocycles. The Morgan fingerprint density at radius 3 is 3.00 bits per heavy atom. The van der Waals surface area contributed by atoms with Gasteiger partial charge in [0.1, 0.15) is 5.82 Å². The molecule has 0 aromatic rings. The number of nitrogens with one attached hydrogen (secondary N) is 1. The normalized spacial score (nSPS) is 19.0. The fourth-order valence-corrected chi connectivity index (χ4v) is 2.53. The lowest BCUT2D eigenvalue weighted by Gasteiger charge is -2.24. The summed E-state index contributed by atoms with van der Waals surface area (Å²) in [7, 11) is 0. The van der Waals surface area contributed by atoms with E-state index in [0.29, 0.717) is 0 Å². The first-order chi connectivity index (χ1) is 7.93. The molecular formula is C13H19Cl2N3. The quantitative estimate of drug-likeness (QED) is 0.921. The van der Waals surface area contributed by atoms with Gasteiger partial charge in [-0.15, -0.1) is 24.8 Å². The predicted octanol–water partition coefficient (Wildman–Crippen LogP) is 2.83. The highest BCUT2D eigenvalue weighted by atomic mass is 35.5. The van der Waals surface area contributed by atoms with E-state index < -0.39 is 0 Å². The molecule has 0 aliphatic carbocycles. The van der Waals surface area contributed by atoms with E-state index in [2.05, 4.69) is 39.3 Å². The Balaban J connectivity index is 0.000000810. The molecular weight excluding hydrogens is 269 g/mol. The van der Waals surface area contributed by atoms with Crippen LogP contribution >= 0.6 is 24.8 Å². The van der Waals surface area contributed by atoms with Crippen molar-refractivity contribution in [2.24, 2.45) is 5.92 Å². The molecule has 0 radical (unpaired) electrons. The predicted molar refractivity (Wildman–Crippen MR) is 78.9 cm³/mol. The number of nitrogens with zero attached hydrogens (tertiary/aromatic N) is 2. The first-order valence-corrected chi connectivity index (χ1v) is 6.04. The van der Waals surface area contributed by atoms with Crippen LogP contribution in [0.25, 0.3) is 11.4 Å². The maximum absolute atomic E-state index is 4.43. The van der Waals surface area contributed by atoms with Gasteiger partial charge < -0.3 is 9.88 Å². The van der Waals surface area contributed by atoms with Gasteiger partial charge in [0.2, 0.25) is 0 Å². The van der Waals surface area contributed by atoms with Crippen molar-refractivity contribution in [2.75, 3.05) is 13.1 Å². The molecule has 100 valence electrons. The Labute approximate surface area is 120 Å². The van der Waals surface area contributed by atoms with Gasteiger partial charge in [-0.1, -0.05) is 0 Å². The minimum absolute atomic E-state index is 0. The Bertz CT molecular complexity index is 438. The first kappa shape index (κ1) is 15.3. The lowest BCUT2D eigenvalue weighted by molar-refractivity contribution is 0.337. The Hall–Kier alpha value is -0.770. The van der Waals surface area contributed by atoms with Crippen LogP contribution in [-0.2, 0) is 6.54 Å². The number of fused-ring (bicyclic) bond motifs is 1. The van der Waals surface area contributed by atoms with Gasteiger partial charge in [0.05, 0.1) is 0 Å². The van der Waals surface area contributed by atoms with Crippen LogP contribution in [0, 0.1) is 5.92 Å². The standard InChI is InChI=1S/C13H17N3.2ClH/c1-3-11(9-14-6-1)10-16-8-2-4-12-5-7-15-13(12)16;;/h2,4-5,7-8,11,14H,1,3,6,9-10H2;2*1H. The largest absolute Gasteiger partial charge is 0.332 e. The fraction of sp³-hybridized carbons (Fsp3) is 0.462. The molecule has 1 saturated heterocycles. The minimum Gasteiger partial charge on any atom is -0.332 e. The second-order valence-electron chi connectivity index (χ2n) is 4.60. The highest BCUT2D eigenvalue weighted by Gasteiger charge is 2.15. The molecule has 1 unspecified atom stereocenters. The number of hydrogen-bond acceptors (Lipinski definition) is 2. The van der Waals surface area contributed by atoms with E-state index in [9.17, 15) is 0 Å². The molecule has 0 spiro atoms. The van der Waals surface area contributed by atoms with Crippen molar-refractivity contribution in [3.8, 4) is 11.4 Å². The van der Waals surface area contributed by atoms with Crippen LogP contribution in [0.15, 0.2) is 30.6 Å². The van der Waals surface area contributed by atoms with Crippen LogP contribution in [-0.4, -0.2) is 22.6 Å². The molecule has 1 fully saturated rings. The van der Waals surface area contributed by atoms with Crippen LogP contribution in [0.1, 0.15) is 12.8 Å². The summed E-state index contributed by atoms with van der Waals surface area (Å²) in [5.74, 6) is 1.87. The molecule has 3 rings (SSSR count). The van der Waals surface area contributed by atoms with Gasteiger partial charge in [-0.3, -0.25) is 0 Å². The van der Waals surface area contributed by atoms with Gasteiger partial charge in [0, 0.05) is 24.5 Å². The Morgan fingerprint density at radius 1 is 1.33 bits per heavy atom. The van der Waals surface area contributed by atoms with Crippen molar-refractivity contribution < 1.29 is 0 Å². The third-order valence-electron chi connectivity index (χ3n) is 3.38. The first-order valence-electron chi connectivity index (χ1n) is 6.04. The summed E-state index contributed by atoms with van der Waals surface area (Å²) >= 11 is 0. The molecule has 0 aromatic carbocycles. The lowest BCUT2D eigenvalue weighted by Crippen LogP contribution is -2.32. The molecule has 3 aliphatic heterocycles. The number of aromatic nitrogens is 2. The number of rotatable bonds is 2. The highest BCUT2D eigenvalue weighted by Crippen LogP contribution is 2.21. The number of piperidine rings is 1. The van der Waals surface area contributed by atoms with Crippen LogP contribution < -0.4 is 5.32 Å². The molecule has 0 amide bonds. The molecule has 0 aromatic heterocycles. The molecule has 3 nitrogen and oxygen atoms in total. The highest BCUT2D eigenvalue weighted by molar-refractivity contribution is 5.85. The summed E-state index contributed by atoms with van der Waals surface area (Å²) in [5, 5.41) is 3.46.